The fourth-order valence-electron chi connectivity index (χ4n) is 4.10. The molecule has 2 heterocycles. The van der Waals surface area contributed by atoms with Crippen LogP contribution in [-0.4, -0.2) is 43.0 Å². The average molecular weight is 389 g/mol. The molecule has 2 unspecified atom stereocenters. The van der Waals surface area contributed by atoms with Gasteiger partial charge in [-0.2, -0.15) is 4.31 Å². The molecule has 2 aliphatic heterocycles. The van der Waals surface area contributed by atoms with Gasteiger partial charge in [0.25, 0.3) is 0 Å². The molecule has 2 aliphatic rings. The van der Waals surface area contributed by atoms with Gasteiger partial charge in [-0.05, 0) is 44.2 Å². The Kier molecular flexibility index (Phi) is 5.37. The van der Waals surface area contributed by atoms with E-state index < -0.39 is 15.8 Å². The highest BCUT2D eigenvalue weighted by Crippen LogP contribution is 2.37. The molecule has 2 fully saturated rings. The Morgan fingerprint density at radius 2 is 1.96 bits per heavy atom. The predicted molar refractivity (Wildman–Crippen MR) is 94.4 cm³/mol. The number of carbonyl (C=O) groups is 1. The van der Waals surface area contributed by atoms with Crippen LogP contribution in [0, 0.1) is 5.82 Å². The molecular weight excluding hydrogens is 367 g/mol. The molecule has 0 radical (unpaired) electrons. The predicted octanol–water partition coefficient (Wildman–Crippen LogP) is 2.48. The van der Waals surface area contributed by atoms with Gasteiger partial charge in [-0.15, -0.1) is 0 Å². The molecule has 2 bridgehead atoms. The molecule has 2 saturated heterocycles. The van der Waals surface area contributed by atoms with E-state index in [2.05, 4.69) is 5.32 Å². The number of nitrogens with zero attached hydrogens (tertiary/aromatic N) is 1. The van der Waals surface area contributed by atoms with Crippen molar-refractivity contribution >= 4 is 27.5 Å². The zero-order chi connectivity index (χ0) is 18.2. The van der Waals surface area contributed by atoms with Gasteiger partial charge in [0.1, 0.15) is 5.82 Å². The molecule has 1 aromatic rings. The molecule has 1 aromatic carbocycles. The zero-order valence-electron chi connectivity index (χ0n) is 14.0. The number of hydrogen-bond acceptors (Lipinski definition) is 3. The fourth-order valence-corrected chi connectivity index (χ4v) is 5.83. The highest BCUT2D eigenvalue weighted by Gasteiger charge is 2.45. The number of nitrogens with one attached hydrogen (secondary N) is 1. The Balaban J connectivity index is 1.55. The quantitative estimate of drug-likeness (QED) is 0.842. The number of amides is 1. The van der Waals surface area contributed by atoms with Crippen LogP contribution in [0.4, 0.5) is 4.39 Å². The van der Waals surface area contributed by atoms with Crippen LogP contribution >= 0.6 is 11.6 Å². The van der Waals surface area contributed by atoms with E-state index >= 15 is 0 Å². The molecule has 0 saturated carbocycles. The first-order chi connectivity index (χ1) is 11.8. The van der Waals surface area contributed by atoms with Crippen LogP contribution in [0.3, 0.4) is 0 Å². The van der Waals surface area contributed by atoms with E-state index in [0.29, 0.717) is 23.4 Å². The molecule has 1 amide bonds. The molecule has 25 heavy (non-hydrogen) atoms. The Morgan fingerprint density at radius 1 is 1.32 bits per heavy atom. The molecule has 8 heteroatoms. The lowest BCUT2D eigenvalue weighted by Crippen LogP contribution is -2.52. The molecule has 0 aliphatic carbocycles. The number of rotatable bonds is 5. The van der Waals surface area contributed by atoms with Crippen molar-refractivity contribution in [2.45, 2.75) is 56.7 Å². The highest BCUT2D eigenvalue weighted by atomic mass is 35.5. The maximum atomic E-state index is 13.7. The van der Waals surface area contributed by atoms with E-state index in [4.69, 9.17) is 11.6 Å². The van der Waals surface area contributed by atoms with Crippen molar-refractivity contribution in [3.8, 4) is 0 Å². The normalized spacial score (nSPS) is 26.6. The summed E-state index contributed by atoms with van der Waals surface area (Å²) in [6, 6.07) is 4.39. The van der Waals surface area contributed by atoms with Crippen molar-refractivity contribution in [3.05, 3.63) is 34.6 Å². The summed E-state index contributed by atoms with van der Waals surface area (Å²) >= 11 is 5.98. The van der Waals surface area contributed by atoms with Gasteiger partial charge >= 0.3 is 0 Å². The minimum Gasteiger partial charge on any atom is -0.353 e. The number of hydrogen-bond donors (Lipinski definition) is 1. The van der Waals surface area contributed by atoms with Crippen molar-refractivity contribution in [2.75, 3.05) is 6.26 Å². The number of carbonyl (C=O) groups excluding carboxylic acids is 1. The third-order valence-electron chi connectivity index (χ3n) is 5.08. The summed E-state index contributed by atoms with van der Waals surface area (Å²) in [6.07, 6.45) is 4.60. The van der Waals surface area contributed by atoms with Crippen molar-refractivity contribution < 1.29 is 17.6 Å². The Labute approximate surface area is 152 Å². The largest absolute Gasteiger partial charge is 0.353 e. The molecule has 5 nitrogen and oxygen atoms in total. The molecule has 2 atom stereocenters. The lowest BCUT2D eigenvalue weighted by Gasteiger charge is -2.37. The van der Waals surface area contributed by atoms with Gasteiger partial charge in [0, 0.05) is 35.1 Å². The average Bonchev–Trinajstić information content (AvgIpc) is 2.79. The molecule has 1 N–H and O–H groups in total. The number of fused-ring (bicyclic) bond motifs is 2. The summed E-state index contributed by atoms with van der Waals surface area (Å²) in [7, 11) is -3.21. The minimum atomic E-state index is -3.21. The van der Waals surface area contributed by atoms with Crippen LogP contribution in [0.1, 0.15) is 37.7 Å². The minimum absolute atomic E-state index is 0.0277. The van der Waals surface area contributed by atoms with Crippen molar-refractivity contribution in [2.24, 2.45) is 0 Å². The maximum absolute atomic E-state index is 13.7. The Hall–Kier alpha value is -1.18. The third kappa shape index (κ3) is 4.15. The first-order valence-electron chi connectivity index (χ1n) is 8.46. The maximum Gasteiger partial charge on any atom is 0.220 e. The van der Waals surface area contributed by atoms with Crippen molar-refractivity contribution in [1.82, 2.24) is 9.62 Å². The first kappa shape index (κ1) is 18.6. The van der Waals surface area contributed by atoms with Crippen LogP contribution in [0.5, 0.6) is 0 Å². The van der Waals surface area contributed by atoms with Crippen LogP contribution in [0.15, 0.2) is 18.2 Å². The van der Waals surface area contributed by atoms with Crippen molar-refractivity contribution in [3.63, 3.8) is 0 Å². The smallest absolute Gasteiger partial charge is 0.220 e. The standard InChI is InChI=1S/C17H22ClFN2O3S/c1-25(23,24)21-12-5-6-13(21)10-11(9-12)20-17(22)8-7-14-15(18)3-2-4-16(14)19/h2-4,11-13H,5-10H2,1H3,(H,20,22). The molecule has 3 rings (SSSR count). The fraction of sp³-hybridized carbons (Fsp3) is 0.588. The van der Waals surface area contributed by atoms with E-state index in [1.165, 1.54) is 18.4 Å². The second-order valence-corrected chi connectivity index (χ2v) is 9.21. The van der Waals surface area contributed by atoms with E-state index in [-0.39, 0.29) is 36.9 Å². The molecular formula is C17H22ClFN2O3S. The van der Waals surface area contributed by atoms with Crippen LogP contribution in [0.2, 0.25) is 5.02 Å². The summed E-state index contributed by atoms with van der Waals surface area (Å²) in [5.41, 5.74) is 0.353. The summed E-state index contributed by atoms with van der Waals surface area (Å²) in [6.45, 7) is 0. The second kappa shape index (κ2) is 7.21. The van der Waals surface area contributed by atoms with E-state index in [1.54, 1.807) is 10.4 Å². The number of benzene rings is 1. The van der Waals surface area contributed by atoms with Gasteiger partial charge in [0.05, 0.1) is 6.26 Å². The van der Waals surface area contributed by atoms with E-state index in [1.807, 2.05) is 0 Å². The van der Waals surface area contributed by atoms with Gasteiger partial charge in [0.2, 0.25) is 15.9 Å². The first-order valence-corrected chi connectivity index (χ1v) is 10.7. The van der Waals surface area contributed by atoms with Gasteiger partial charge < -0.3 is 5.32 Å². The van der Waals surface area contributed by atoms with Crippen molar-refractivity contribution in [1.29, 1.82) is 0 Å². The lowest BCUT2D eigenvalue weighted by atomic mass is 9.99. The summed E-state index contributed by atoms with van der Waals surface area (Å²) in [5, 5.41) is 3.30. The van der Waals surface area contributed by atoms with E-state index in [9.17, 15) is 17.6 Å². The lowest BCUT2D eigenvalue weighted by molar-refractivity contribution is -0.122. The Morgan fingerprint density at radius 3 is 2.52 bits per heavy atom. The van der Waals surface area contributed by atoms with Gasteiger partial charge in [-0.25, -0.2) is 12.8 Å². The Bertz CT molecular complexity index is 737. The SMILES string of the molecule is CS(=O)(=O)N1C2CCC1CC(NC(=O)CCc1c(F)cccc1Cl)C2. The number of halogens is 2. The second-order valence-electron chi connectivity index (χ2n) is 6.91. The summed E-state index contributed by atoms with van der Waals surface area (Å²) in [5.74, 6) is -0.559. The third-order valence-corrected chi connectivity index (χ3v) is 6.79. The monoisotopic (exact) mass is 388 g/mol. The topological polar surface area (TPSA) is 66.5 Å². The summed E-state index contributed by atoms with van der Waals surface area (Å²) < 4.78 is 39.1. The number of sulfonamides is 1. The highest BCUT2D eigenvalue weighted by molar-refractivity contribution is 7.88. The van der Waals surface area contributed by atoms with Crippen LogP contribution < -0.4 is 5.32 Å². The zero-order valence-corrected chi connectivity index (χ0v) is 15.6. The van der Waals surface area contributed by atoms with E-state index in [0.717, 1.165) is 12.8 Å². The molecule has 0 spiro atoms. The van der Waals surface area contributed by atoms with Crippen LogP contribution in [-0.2, 0) is 21.2 Å². The molecule has 138 valence electrons. The summed E-state index contributed by atoms with van der Waals surface area (Å²) in [4.78, 5) is 12.2. The van der Waals surface area contributed by atoms with Crippen LogP contribution in [0.25, 0.3) is 0 Å². The van der Waals surface area contributed by atoms with Gasteiger partial charge in [0.15, 0.2) is 0 Å². The van der Waals surface area contributed by atoms with Gasteiger partial charge in [-0.3, -0.25) is 4.79 Å². The van der Waals surface area contributed by atoms with Gasteiger partial charge in [-0.1, -0.05) is 17.7 Å². The number of piperidine rings is 1. The molecule has 0 aromatic heterocycles.